The molecule has 14 heavy (non-hydrogen) atoms. The molecule has 0 radical (unpaired) electrons. The third-order valence-electron chi connectivity index (χ3n) is 2.20. The zero-order chi connectivity index (χ0) is 10.6. The summed E-state index contributed by atoms with van der Waals surface area (Å²) in [4.78, 5) is 23.7. The van der Waals surface area contributed by atoms with Crippen LogP contribution in [-0.2, 0) is 4.74 Å². The van der Waals surface area contributed by atoms with E-state index >= 15 is 0 Å². The Labute approximate surface area is 82.6 Å². The number of hydrogen-bond acceptors (Lipinski definition) is 3. The van der Waals surface area contributed by atoms with Crippen LogP contribution in [0.5, 0.6) is 0 Å². The largest absolute Gasteiger partial charge is 0.453 e. The van der Waals surface area contributed by atoms with E-state index in [0.717, 1.165) is 6.42 Å². The fourth-order valence-corrected chi connectivity index (χ4v) is 1.45. The predicted molar refractivity (Wildman–Crippen MR) is 50.0 cm³/mol. The first-order chi connectivity index (χ1) is 6.67. The van der Waals surface area contributed by atoms with Crippen LogP contribution in [0, 0.1) is 0 Å². The fraction of sp³-hybridized carbons (Fsp3) is 0.750. The predicted octanol–water partition coefficient (Wildman–Crippen LogP) is -0.244. The number of hydrogen-bond donors (Lipinski definition) is 2. The zero-order valence-corrected chi connectivity index (χ0v) is 8.37. The lowest BCUT2D eigenvalue weighted by Crippen LogP contribution is -2.41. The molecular formula is C8H15N3O3. The summed E-state index contributed by atoms with van der Waals surface area (Å²) in [5.41, 5.74) is 0. The van der Waals surface area contributed by atoms with Crippen LogP contribution in [0.25, 0.3) is 0 Å². The summed E-state index contributed by atoms with van der Waals surface area (Å²) in [5.74, 6) is 0. The van der Waals surface area contributed by atoms with Gasteiger partial charge in [-0.15, -0.1) is 0 Å². The summed E-state index contributed by atoms with van der Waals surface area (Å²) < 4.78 is 4.47. The monoisotopic (exact) mass is 201 g/mol. The van der Waals surface area contributed by atoms with Crippen LogP contribution >= 0.6 is 0 Å². The zero-order valence-electron chi connectivity index (χ0n) is 8.37. The summed E-state index contributed by atoms with van der Waals surface area (Å²) in [6.45, 7) is 1.20. The van der Waals surface area contributed by atoms with Gasteiger partial charge in [-0.1, -0.05) is 0 Å². The van der Waals surface area contributed by atoms with E-state index in [1.807, 2.05) is 0 Å². The molecule has 0 aromatic heterocycles. The SMILES string of the molecule is CNC(=O)N1CCC(NC(=O)OC)C1. The fourth-order valence-electron chi connectivity index (χ4n) is 1.45. The van der Waals surface area contributed by atoms with Crippen LogP contribution in [0.4, 0.5) is 9.59 Å². The molecule has 1 saturated heterocycles. The molecule has 1 rings (SSSR count). The highest BCUT2D eigenvalue weighted by atomic mass is 16.5. The summed E-state index contributed by atoms with van der Waals surface area (Å²) in [6, 6.07) is -0.112. The Balaban J connectivity index is 2.34. The molecule has 3 amide bonds. The number of carbonyl (C=O) groups excluding carboxylic acids is 2. The van der Waals surface area contributed by atoms with Crippen LogP contribution < -0.4 is 10.6 Å². The second-order valence-electron chi connectivity index (χ2n) is 3.12. The molecule has 1 aliphatic heterocycles. The van der Waals surface area contributed by atoms with Gasteiger partial charge in [0.2, 0.25) is 0 Å². The molecule has 1 aliphatic rings. The van der Waals surface area contributed by atoms with Gasteiger partial charge in [0.25, 0.3) is 0 Å². The van der Waals surface area contributed by atoms with Crippen molar-refractivity contribution < 1.29 is 14.3 Å². The van der Waals surface area contributed by atoms with Crippen LogP contribution in [0.15, 0.2) is 0 Å². The topological polar surface area (TPSA) is 70.7 Å². The second kappa shape index (κ2) is 4.69. The highest BCUT2D eigenvalue weighted by Gasteiger charge is 2.26. The summed E-state index contributed by atoms with van der Waals surface area (Å²) in [7, 11) is 2.91. The Hall–Kier alpha value is -1.46. The molecule has 1 fully saturated rings. The van der Waals surface area contributed by atoms with E-state index in [2.05, 4.69) is 15.4 Å². The number of rotatable bonds is 1. The normalized spacial score (nSPS) is 20.4. The van der Waals surface area contributed by atoms with Crippen LogP contribution in [-0.4, -0.2) is 50.3 Å². The lowest BCUT2D eigenvalue weighted by Gasteiger charge is -2.15. The Kier molecular flexibility index (Phi) is 3.55. The molecule has 0 spiro atoms. The van der Waals surface area contributed by atoms with Crippen molar-refractivity contribution in [1.82, 2.24) is 15.5 Å². The van der Waals surface area contributed by atoms with Crippen molar-refractivity contribution >= 4 is 12.1 Å². The number of ether oxygens (including phenoxy) is 1. The minimum atomic E-state index is -0.450. The highest BCUT2D eigenvalue weighted by Crippen LogP contribution is 2.08. The Morgan fingerprint density at radius 2 is 2.21 bits per heavy atom. The summed E-state index contributed by atoms with van der Waals surface area (Å²) in [6.07, 6.45) is 0.316. The van der Waals surface area contributed by atoms with Crippen molar-refractivity contribution in [3.8, 4) is 0 Å². The van der Waals surface area contributed by atoms with Crippen LogP contribution in [0.3, 0.4) is 0 Å². The molecule has 0 aromatic rings. The lowest BCUT2D eigenvalue weighted by atomic mass is 10.3. The Morgan fingerprint density at radius 1 is 1.50 bits per heavy atom. The van der Waals surface area contributed by atoms with Crippen molar-refractivity contribution in [1.29, 1.82) is 0 Å². The van der Waals surface area contributed by atoms with Gasteiger partial charge in [-0.25, -0.2) is 9.59 Å². The van der Waals surface area contributed by atoms with Gasteiger partial charge in [0.15, 0.2) is 0 Å². The van der Waals surface area contributed by atoms with Gasteiger partial charge in [-0.2, -0.15) is 0 Å². The third-order valence-corrected chi connectivity index (χ3v) is 2.20. The van der Waals surface area contributed by atoms with Crippen molar-refractivity contribution in [3.63, 3.8) is 0 Å². The molecule has 0 bridgehead atoms. The molecule has 1 unspecified atom stereocenters. The van der Waals surface area contributed by atoms with Gasteiger partial charge in [0.05, 0.1) is 13.2 Å². The quantitative estimate of drug-likeness (QED) is 0.615. The summed E-state index contributed by atoms with van der Waals surface area (Å²) in [5, 5.41) is 5.19. The van der Waals surface area contributed by atoms with Crippen molar-refractivity contribution in [2.45, 2.75) is 12.5 Å². The number of amides is 3. The van der Waals surface area contributed by atoms with Crippen molar-refractivity contribution in [2.24, 2.45) is 0 Å². The number of nitrogens with zero attached hydrogens (tertiary/aromatic N) is 1. The number of carbonyl (C=O) groups is 2. The first kappa shape index (κ1) is 10.6. The minimum absolute atomic E-state index is 0.000231. The van der Waals surface area contributed by atoms with E-state index in [4.69, 9.17) is 0 Å². The average Bonchev–Trinajstić information content (AvgIpc) is 2.65. The molecule has 80 valence electrons. The van der Waals surface area contributed by atoms with E-state index in [9.17, 15) is 9.59 Å². The average molecular weight is 201 g/mol. The van der Waals surface area contributed by atoms with Crippen molar-refractivity contribution in [2.75, 3.05) is 27.2 Å². The second-order valence-corrected chi connectivity index (χ2v) is 3.12. The van der Waals surface area contributed by atoms with Gasteiger partial charge in [-0.3, -0.25) is 0 Å². The van der Waals surface area contributed by atoms with Crippen LogP contribution in [0.1, 0.15) is 6.42 Å². The molecule has 6 nitrogen and oxygen atoms in total. The van der Waals surface area contributed by atoms with Crippen molar-refractivity contribution in [3.05, 3.63) is 0 Å². The maximum atomic E-state index is 11.2. The standard InChI is InChI=1S/C8H15N3O3/c1-9-7(12)11-4-3-6(5-11)10-8(13)14-2/h6H,3-5H2,1-2H3,(H,9,12)(H,10,13). The number of likely N-dealkylation sites (tertiary alicyclic amines) is 1. The third kappa shape index (κ3) is 2.51. The number of urea groups is 1. The number of alkyl carbamates (subject to hydrolysis) is 1. The Morgan fingerprint density at radius 3 is 2.79 bits per heavy atom. The van der Waals surface area contributed by atoms with Gasteiger partial charge >= 0.3 is 12.1 Å². The van der Waals surface area contributed by atoms with E-state index in [0.29, 0.717) is 13.1 Å². The molecule has 1 atom stereocenters. The minimum Gasteiger partial charge on any atom is -0.453 e. The maximum Gasteiger partial charge on any atom is 0.407 e. The molecule has 0 aliphatic carbocycles. The van der Waals surface area contributed by atoms with Crippen LogP contribution in [0.2, 0.25) is 0 Å². The van der Waals surface area contributed by atoms with E-state index < -0.39 is 6.09 Å². The molecule has 6 heteroatoms. The number of methoxy groups -OCH3 is 1. The first-order valence-corrected chi connectivity index (χ1v) is 4.48. The lowest BCUT2D eigenvalue weighted by molar-refractivity contribution is 0.166. The first-order valence-electron chi connectivity index (χ1n) is 4.48. The molecule has 2 N–H and O–H groups in total. The van der Waals surface area contributed by atoms with Gasteiger partial charge in [0, 0.05) is 20.1 Å². The summed E-state index contributed by atoms with van der Waals surface area (Å²) >= 11 is 0. The van der Waals surface area contributed by atoms with Gasteiger partial charge in [-0.05, 0) is 6.42 Å². The van der Waals surface area contributed by atoms with Gasteiger partial charge < -0.3 is 20.3 Å². The number of nitrogens with one attached hydrogen (secondary N) is 2. The molecular weight excluding hydrogens is 186 g/mol. The smallest absolute Gasteiger partial charge is 0.407 e. The highest BCUT2D eigenvalue weighted by molar-refractivity contribution is 5.74. The van der Waals surface area contributed by atoms with E-state index in [-0.39, 0.29) is 12.1 Å². The van der Waals surface area contributed by atoms with Gasteiger partial charge in [0.1, 0.15) is 0 Å². The molecule has 0 saturated carbocycles. The Bertz CT molecular complexity index is 232. The molecule has 0 aromatic carbocycles. The molecule has 1 heterocycles. The van der Waals surface area contributed by atoms with E-state index in [1.165, 1.54) is 7.11 Å². The van der Waals surface area contributed by atoms with E-state index in [1.54, 1.807) is 11.9 Å². The maximum absolute atomic E-state index is 11.2.